The van der Waals surface area contributed by atoms with Crippen LogP contribution in [0.1, 0.15) is 23.7 Å². The molecule has 0 amide bonds. The molecule has 0 N–H and O–H groups in total. The molecule has 0 aliphatic carbocycles. The summed E-state index contributed by atoms with van der Waals surface area (Å²) in [4.78, 5) is 4.03. The SMILES string of the molecule is O=S(=O)(Cc1ncsc1Cl)N1CCOCCC1c1ccc(F)cc1. The first-order valence-corrected chi connectivity index (χ1v) is 10.2. The van der Waals surface area contributed by atoms with Crippen LogP contribution < -0.4 is 0 Å². The highest BCUT2D eigenvalue weighted by Crippen LogP contribution is 2.31. The summed E-state index contributed by atoms with van der Waals surface area (Å²) in [6, 6.07) is 5.51. The van der Waals surface area contributed by atoms with Crippen LogP contribution in [0.5, 0.6) is 0 Å². The Hall–Kier alpha value is -1.06. The molecule has 0 saturated carbocycles. The van der Waals surface area contributed by atoms with Crippen LogP contribution in [-0.4, -0.2) is 37.5 Å². The Morgan fingerprint density at radius 2 is 2.08 bits per heavy atom. The minimum absolute atomic E-state index is 0.242. The molecule has 24 heavy (non-hydrogen) atoms. The predicted molar refractivity (Wildman–Crippen MR) is 91.0 cm³/mol. The maximum atomic E-state index is 13.2. The highest BCUT2D eigenvalue weighted by Gasteiger charge is 2.33. The first-order chi connectivity index (χ1) is 11.5. The quantitative estimate of drug-likeness (QED) is 0.804. The molecule has 1 unspecified atom stereocenters. The summed E-state index contributed by atoms with van der Waals surface area (Å²) in [6.45, 7) is 1.01. The van der Waals surface area contributed by atoms with Crippen LogP contribution in [0, 0.1) is 5.82 Å². The number of hydrogen-bond donors (Lipinski definition) is 0. The van der Waals surface area contributed by atoms with Gasteiger partial charge in [0.25, 0.3) is 0 Å². The van der Waals surface area contributed by atoms with Gasteiger partial charge in [-0.3, -0.25) is 0 Å². The van der Waals surface area contributed by atoms with Crippen LogP contribution in [0.15, 0.2) is 29.8 Å². The lowest BCUT2D eigenvalue weighted by molar-refractivity contribution is 0.147. The van der Waals surface area contributed by atoms with Gasteiger partial charge < -0.3 is 4.74 Å². The van der Waals surface area contributed by atoms with E-state index < -0.39 is 16.1 Å². The molecule has 0 radical (unpaired) electrons. The van der Waals surface area contributed by atoms with Gasteiger partial charge in [-0.15, -0.1) is 11.3 Å². The Kier molecular flexibility index (Phi) is 5.51. The fourth-order valence-corrected chi connectivity index (χ4v) is 5.34. The van der Waals surface area contributed by atoms with Crippen molar-refractivity contribution >= 4 is 33.0 Å². The van der Waals surface area contributed by atoms with Crippen LogP contribution in [-0.2, 0) is 20.5 Å². The van der Waals surface area contributed by atoms with E-state index in [1.54, 1.807) is 12.1 Å². The van der Waals surface area contributed by atoms with Crippen molar-refractivity contribution in [2.75, 3.05) is 19.8 Å². The van der Waals surface area contributed by atoms with Gasteiger partial charge in [0.2, 0.25) is 10.0 Å². The second kappa shape index (κ2) is 7.45. The molecule has 2 aromatic rings. The van der Waals surface area contributed by atoms with Gasteiger partial charge in [0.15, 0.2) is 0 Å². The van der Waals surface area contributed by atoms with E-state index in [9.17, 15) is 12.8 Å². The predicted octanol–water partition coefficient (Wildman–Crippen LogP) is 3.23. The molecule has 1 aromatic carbocycles. The van der Waals surface area contributed by atoms with E-state index in [2.05, 4.69) is 4.98 Å². The third-order valence-corrected chi connectivity index (χ3v) is 6.79. The second-order valence-corrected chi connectivity index (χ2v) is 8.79. The zero-order chi connectivity index (χ0) is 17.2. The van der Waals surface area contributed by atoms with E-state index in [-0.39, 0.29) is 18.1 Å². The molecule has 3 rings (SSSR count). The first-order valence-electron chi connectivity index (χ1n) is 7.38. The van der Waals surface area contributed by atoms with Gasteiger partial charge >= 0.3 is 0 Å². The lowest BCUT2D eigenvalue weighted by Crippen LogP contribution is -2.37. The maximum Gasteiger partial charge on any atom is 0.220 e. The zero-order valence-corrected chi connectivity index (χ0v) is 15.1. The molecule has 1 atom stereocenters. The van der Waals surface area contributed by atoms with E-state index in [0.717, 1.165) is 5.56 Å². The Morgan fingerprint density at radius 1 is 1.33 bits per heavy atom. The largest absolute Gasteiger partial charge is 0.380 e. The number of rotatable bonds is 4. The summed E-state index contributed by atoms with van der Waals surface area (Å²) >= 11 is 7.19. The zero-order valence-electron chi connectivity index (χ0n) is 12.7. The minimum atomic E-state index is -3.64. The Bertz CT molecular complexity index is 795. The van der Waals surface area contributed by atoms with Gasteiger partial charge in [-0.05, 0) is 24.1 Å². The molecule has 0 bridgehead atoms. The van der Waals surface area contributed by atoms with Crippen molar-refractivity contribution in [2.45, 2.75) is 18.2 Å². The maximum absolute atomic E-state index is 13.2. The molecule has 1 aliphatic heterocycles. The van der Waals surface area contributed by atoms with Gasteiger partial charge in [-0.1, -0.05) is 23.7 Å². The van der Waals surface area contributed by atoms with E-state index in [1.165, 1.54) is 33.3 Å². The van der Waals surface area contributed by atoms with Crippen LogP contribution >= 0.6 is 22.9 Å². The molecular weight excluding hydrogens is 375 g/mol. The number of benzene rings is 1. The van der Waals surface area contributed by atoms with E-state index >= 15 is 0 Å². The lowest BCUT2D eigenvalue weighted by atomic mass is 10.0. The molecule has 5 nitrogen and oxygen atoms in total. The molecule has 2 heterocycles. The van der Waals surface area contributed by atoms with Crippen molar-refractivity contribution in [3.63, 3.8) is 0 Å². The van der Waals surface area contributed by atoms with Gasteiger partial charge in [0.05, 0.1) is 23.9 Å². The molecule has 130 valence electrons. The summed E-state index contributed by atoms with van der Waals surface area (Å²) in [5.41, 5.74) is 2.62. The molecule has 1 aliphatic rings. The Labute approximate surface area is 149 Å². The molecule has 9 heteroatoms. The minimum Gasteiger partial charge on any atom is -0.380 e. The fourth-order valence-electron chi connectivity index (χ4n) is 2.71. The van der Waals surface area contributed by atoms with Gasteiger partial charge in [0.1, 0.15) is 15.9 Å². The molecule has 1 aromatic heterocycles. The number of ether oxygens (including phenoxy) is 1. The van der Waals surface area contributed by atoms with Crippen molar-refractivity contribution in [1.82, 2.24) is 9.29 Å². The number of thiazole rings is 1. The van der Waals surface area contributed by atoms with E-state index in [1.807, 2.05) is 0 Å². The normalized spacial score (nSPS) is 20.0. The van der Waals surface area contributed by atoms with Crippen molar-refractivity contribution in [3.8, 4) is 0 Å². The van der Waals surface area contributed by atoms with Gasteiger partial charge in [-0.25, -0.2) is 17.8 Å². The summed E-state index contributed by atoms with van der Waals surface area (Å²) in [5.74, 6) is -0.611. The van der Waals surface area contributed by atoms with Crippen molar-refractivity contribution in [3.05, 3.63) is 51.2 Å². The average molecular weight is 391 g/mol. The van der Waals surface area contributed by atoms with E-state index in [4.69, 9.17) is 16.3 Å². The van der Waals surface area contributed by atoms with Crippen LogP contribution in [0.3, 0.4) is 0 Å². The lowest BCUT2D eigenvalue weighted by Gasteiger charge is -2.28. The highest BCUT2D eigenvalue weighted by molar-refractivity contribution is 7.88. The number of aromatic nitrogens is 1. The Morgan fingerprint density at radius 3 is 2.75 bits per heavy atom. The average Bonchev–Trinajstić information content (AvgIpc) is 2.80. The number of nitrogens with zero attached hydrogens (tertiary/aromatic N) is 2. The van der Waals surface area contributed by atoms with Crippen LogP contribution in [0.4, 0.5) is 4.39 Å². The molecule has 1 saturated heterocycles. The van der Waals surface area contributed by atoms with Crippen molar-refractivity contribution < 1.29 is 17.5 Å². The molecule has 1 fully saturated rings. The molecule has 0 spiro atoms. The second-order valence-electron chi connectivity index (χ2n) is 5.41. The summed E-state index contributed by atoms with van der Waals surface area (Å²) in [7, 11) is -3.64. The third-order valence-electron chi connectivity index (χ3n) is 3.86. The topological polar surface area (TPSA) is 59.5 Å². The van der Waals surface area contributed by atoms with Crippen LogP contribution in [0.2, 0.25) is 4.34 Å². The summed E-state index contributed by atoms with van der Waals surface area (Å²) in [6.07, 6.45) is 0.510. The number of halogens is 2. The third kappa shape index (κ3) is 3.94. The van der Waals surface area contributed by atoms with Gasteiger partial charge in [-0.2, -0.15) is 4.31 Å². The van der Waals surface area contributed by atoms with Crippen molar-refractivity contribution in [1.29, 1.82) is 0 Å². The smallest absolute Gasteiger partial charge is 0.220 e. The summed E-state index contributed by atoms with van der Waals surface area (Å²) < 4.78 is 46.2. The first kappa shape index (κ1) is 17.8. The van der Waals surface area contributed by atoms with Crippen LogP contribution in [0.25, 0.3) is 0 Å². The van der Waals surface area contributed by atoms with E-state index in [0.29, 0.717) is 29.7 Å². The number of hydrogen-bond acceptors (Lipinski definition) is 5. The highest BCUT2D eigenvalue weighted by atomic mass is 35.5. The summed E-state index contributed by atoms with van der Waals surface area (Å²) in [5, 5.41) is 0. The van der Waals surface area contributed by atoms with Gasteiger partial charge in [0, 0.05) is 13.2 Å². The standard InChI is InChI=1S/C15H16ClFN2O3S2/c16-15-13(18-10-23-15)9-24(20,21)19-6-8-22-7-5-14(19)11-1-3-12(17)4-2-11/h1-4,10,14H,5-9H2. The fraction of sp³-hybridized carbons (Fsp3) is 0.400. The Balaban J connectivity index is 1.91. The van der Waals surface area contributed by atoms with Crippen molar-refractivity contribution in [2.24, 2.45) is 0 Å². The molecular formula is C15H16ClFN2O3S2. The monoisotopic (exact) mass is 390 g/mol. The number of sulfonamides is 1.